The summed E-state index contributed by atoms with van der Waals surface area (Å²) in [5, 5.41) is 16.2. The number of nitriles is 2. The molecule has 1 unspecified atom stereocenters. The molecule has 0 heterocycles. The lowest BCUT2D eigenvalue weighted by molar-refractivity contribution is 0.860. The smallest absolute Gasteiger partial charge is 0.0770 e. The van der Waals surface area contributed by atoms with Gasteiger partial charge in [-0.25, -0.2) is 0 Å². The van der Waals surface area contributed by atoms with Crippen molar-refractivity contribution in [3.63, 3.8) is 0 Å². The zero-order valence-corrected chi connectivity index (χ0v) is 4.46. The molecule has 0 fully saturated rings. The number of rotatable bonds is 2. The first kappa shape index (κ1) is 6.72. The third-order valence-corrected chi connectivity index (χ3v) is 0.762. The van der Waals surface area contributed by atoms with Crippen LogP contribution in [0.5, 0.6) is 0 Å². The van der Waals surface area contributed by atoms with Crippen LogP contribution in [0.4, 0.5) is 0 Å². The summed E-state index contributed by atoms with van der Waals surface area (Å²) in [6, 6.07) is 3.79. The molecule has 0 aliphatic carbocycles. The number of allylic oxidation sites excluding steroid dienone is 1. The second-order valence-corrected chi connectivity index (χ2v) is 1.33. The van der Waals surface area contributed by atoms with E-state index in [9.17, 15) is 0 Å². The van der Waals surface area contributed by atoms with Crippen molar-refractivity contribution >= 4 is 0 Å². The van der Waals surface area contributed by atoms with Crippen LogP contribution in [0.2, 0.25) is 0 Å². The van der Waals surface area contributed by atoms with Crippen LogP contribution in [0.1, 0.15) is 6.42 Å². The van der Waals surface area contributed by atoms with Gasteiger partial charge in [0.2, 0.25) is 0 Å². The quantitative estimate of drug-likeness (QED) is 0.497. The Morgan fingerprint density at radius 3 is 2.38 bits per heavy atom. The first-order chi connectivity index (χ1) is 3.85. The molecule has 0 rings (SSSR count). The summed E-state index contributed by atoms with van der Waals surface area (Å²) in [4.78, 5) is 0. The number of hydrogen-bond donors (Lipinski definition) is 0. The summed E-state index contributed by atoms with van der Waals surface area (Å²) in [6.07, 6.45) is 1.73. The minimum Gasteiger partial charge on any atom is -0.198 e. The lowest BCUT2D eigenvalue weighted by Gasteiger charge is -1.88. The highest BCUT2D eigenvalue weighted by atomic mass is 14.3. The Morgan fingerprint density at radius 1 is 1.62 bits per heavy atom. The minimum atomic E-state index is -0.292. The van der Waals surface area contributed by atoms with Crippen LogP contribution in [0, 0.1) is 28.6 Å². The molecule has 0 aliphatic rings. The zero-order valence-electron chi connectivity index (χ0n) is 4.46. The van der Waals surface area contributed by atoms with E-state index in [0.717, 1.165) is 0 Å². The van der Waals surface area contributed by atoms with E-state index >= 15 is 0 Å². The molecule has 0 saturated heterocycles. The monoisotopic (exact) mass is 106 g/mol. The van der Waals surface area contributed by atoms with Crippen molar-refractivity contribution in [3.05, 3.63) is 12.7 Å². The van der Waals surface area contributed by atoms with Crippen molar-refractivity contribution < 1.29 is 0 Å². The highest BCUT2D eigenvalue weighted by Crippen LogP contribution is 1.98. The SMILES string of the molecule is C=CC(C#N)CC#N. The van der Waals surface area contributed by atoms with Gasteiger partial charge in [-0.05, 0) is 0 Å². The van der Waals surface area contributed by atoms with E-state index in [0.29, 0.717) is 0 Å². The molecule has 2 nitrogen and oxygen atoms in total. The van der Waals surface area contributed by atoms with Gasteiger partial charge in [-0.3, -0.25) is 0 Å². The van der Waals surface area contributed by atoms with Gasteiger partial charge in [0.25, 0.3) is 0 Å². The second-order valence-electron chi connectivity index (χ2n) is 1.33. The van der Waals surface area contributed by atoms with Gasteiger partial charge in [0.1, 0.15) is 0 Å². The number of hydrogen-bond acceptors (Lipinski definition) is 2. The second kappa shape index (κ2) is 3.89. The van der Waals surface area contributed by atoms with Crippen molar-refractivity contribution in [1.82, 2.24) is 0 Å². The first-order valence-corrected chi connectivity index (χ1v) is 2.24. The van der Waals surface area contributed by atoms with Gasteiger partial charge in [-0.2, -0.15) is 10.5 Å². The van der Waals surface area contributed by atoms with Crippen molar-refractivity contribution in [3.8, 4) is 12.1 Å². The molecule has 0 radical (unpaired) electrons. The summed E-state index contributed by atoms with van der Waals surface area (Å²) in [7, 11) is 0. The predicted molar refractivity (Wildman–Crippen MR) is 29.5 cm³/mol. The molecule has 0 amide bonds. The molecular formula is C6H6N2. The van der Waals surface area contributed by atoms with E-state index in [-0.39, 0.29) is 12.3 Å². The third kappa shape index (κ3) is 2.00. The molecular weight excluding hydrogens is 100 g/mol. The maximum Gasteiger partial charge on any atom is 0.0770 e. The van der Waals surface area contributed by atoms with E-state index in [1.54, 1.807) is 0 Å². The molecule has 0 N–H and O–H groups in total. The van der Waals surface area contributed by atoms with Gasteiger partial charge in [-0.1, -0.05) is 6.08 Å². The van der Waals surface area contributed by atoms with E-state index in [1.165, 1.54) is 6.08 Å². The van der Waals surface area contributed by atoms with Crippen molar-refractivity contribution in [2.45, 2.75) is 6.42 Å². The average Bonchev–Trinajstić information content (AvgIpc) is 1.83. The van der Waals surface area contributed by atoms with Crippen molar-refractivity contribution in [2.75, 3.05) is 0 Å². The highest BCUT2D eigenvalue weighted by molar-refractivity contribution is 4.99. The zero-order chi connectivity index (χ0) is 6.41. The lowest BCUT2D eigenvalue weighted by Crippen LogP contribution is -1.86. The summed E-state index contributed by atoms with van der Waals surface area (Å²) >= 11 is 0. The minimum absolute atomic E-state index is 0.250. The van der Waals surface area contributed by atoms with E-state index < -0.39 is 0 Å². The molecule has 0 aromatic carbocycles. The van der Waals surface area contributed by atoms with Gasteiger partial charge in [0.05, 0.1) is 24.5 Å². The van der Waals surface area contributed by atoms with Crippen LogP contribution in [0.25, 0.3) is 0 Å². The highest BCUT2D eigenvalue weighted by Gasteiger charge is 1.96. The van der Waals surface area contributed by atoms with Gasteiger partial charge >= 0.3 is 0 Å². The Balaban J connectivity index is 3.61. The average molecular weight is 106 g/mol. The molecule has 0 aromatic rings. The molecule has 0 bridgehead atoms. The van der Waals surface area contributed by atoms with Gasteiger partial charge in [-0.15, -0.1) is 6.58 Å². The third-order valence-electron chi connectivity index (χ3n) is 0.762. The van der Waals surface area contributed by atoms with Crippen LogP contribution in [0.15, 0.2) is 12.7 Å². The van der Waals surface area contributed by atoms with E-state index in [1.807, 2.05) is 12.1 Å². The summed E-state index contributed by atoms with van der Waals surface area (Å²) < 4.78 is 0. The van der Waals surface area contributed by atoms with E-state index in [2.05, 4.69) is 6.58 Å². The topological polar surface area (TPSA) is 47.6 Å². The largest absolute Gasteiger partial charge is 0.198 e. The molecule has 40 valence electrons. The molecule has 0 saturated carbocycles. The van der Waals surface area contributed by atoms with Gasteiger partial charge in [0.15, 0.2) is 0 Å². The van der Waals surface area contributed by atoms with Gasteiger partial charge < -0.3 is 0 Å². The molecule has 2 heteroatoms. The molecule has 0 aliphatic heterocycles. The fourth-order valence-corrected chi connectivity index (χ4v) is 0.280. The van der Waals surface area contributed by atoms with Crippen molar-refractivity contribution in [1.29, 1.82) is 10.5 Å². The molecule has 1 atom stereocenters. The Morgan fingerprint density at radius 2 is 2.25 bits per heavy atom. The van der Waals surface area contributed by atoms with Crippen LogP contribution in [-0.4, -0.2) is 0 Å². The predicted octanol–water partition coefficient (Wildman–Crippen LogP) is 1.23. The molecule has 0 aromatic heterocycles. The van der Waals surface area contributed by atoms with Crippen LogP contribution in [0.3, 0.4) is 0 Å². The molecule has 8 heavy (non-hydrogen) atoms. The summed E-state index contributed by atoms with van der Waals surface area (Å²) in [5.74, 6) is -0.292. The Labute approximate surface area is 48.7 Å². The van der Waals surface area contributed by atoms with Crippen LogP contribution in [-0.2, 0) is 0 Å². The summed E-state index contributed by atoms with van der Waals surface area (Å²) in [5.41, 5.74) is 0. The Hall–Kier alpha value is -1.28. The fraction of sp³-hybridized carbons (Fsp3) is 0.333. The lowest BCUT2D eigenvalue weighted by atomic mass is 10.1. The molecule has 0 spiro atoms. The maximum absolute atomic E-state index is 8.18. The number of nitrogens with zero attached hydrogens (tertiary/aromatic N) is 2. The summed E-state index contributed by atoms with van der Waals surface area (Å²) in [6.45, 7) is 3.38. The van der Waals surface area contributed by atoms with Crippen LogP contribution < -0.4 is 0 Å². The van der Waals surface area contributed by atoms with Crippen LogP contribution >= 0.6 is 0 Å². The Kier molecular flexibility index (Phi) is 3.27. The normalized spacial score (nSPS) is 10.8. The maximum atomic E-state index is 8.18. The van der Waals surface area contributed by atoms with E-state index in [4.69, 9.17) is 10.5 Å². The van der Waals surface area contributed by atoms with Crippen molar-refractivity contribution in [2.24, 2.45) is 5.92 Å². The first-order valence-electron chi connectivity index (χ1n) is 2.24. The Bertz CT molecular complexity index is 147. The standard InChI is InChI=1S/C6H6N2/c1-2-6(5-8)3-4-7/h2,6H,1,3H2. The fourth-order valence-electron chi connectivity index (χ4n) is 0.280. The van der Waals surface area contributed by atoms with Gasteiger partial charge in [0, 0.05) is 0 Å².